The molecule has 396 valence electrons. The van der Waals surface area contributed by atoms with E-state index in [4.69, 9.17) is 23.7 Å². The molecule has 12 heteroatoms. The van der Waals surface area contributed by atoms with Crippen molar-refractivity contribution in [3.05, 3.63) is 60.8 Å². The van der Waals surface area contributed by atoms with Gasteiger partial charge in [0.05, 0.1) is 6.61 Å². The van der Waals surface area contributed by atoms with Crippen molar-refractivity contribution in [2.24, 2.45) is 0 Å². The van der Waals surface area contributed by atoms with Crippen LogP contribution in [0.15, 0.2) is 60.8 Å². The highest BCUT2D eigenvalue weighted by atomic mass is 16.7. The van der Waals surface area contributed by atoms with E-state index >= 15 is 0 Å². The molecule has 1 aliphatic rings. The summed E-state index contributed by atoms with van der Waals surface area (Å²) in [6, 6.07) is 0. The molecule has 0 aromatic rings. The zero-order valence-electron chi connectivity index (χ0n) is 43.3. The van der Waals surface area contributed by atoms with E-state index in [9.17, 15) is 34.5 Å². The number of unbranched alkanes of at least 4 members (excludes halogenated alkanes) is 21. The van der Waals surface area contributed by atoms with Crippen LogP contribution >= 0.6 is 0 Å². The molecule has 1 rings (SSSR count). The molecule has 12 nitrogen and oxygen atoms in total. The molecule has 1 saturated heterocycles. The normalized spacial score (nSPS) is 19.1. The number of carboxylic acid groups (broad SMARTS) is 1. The molecular formula is C57H96O12. The van der Waals surface area contributed by atoms with E-state index in [0.29, 0.717) is 19.3 Å². The summed E-state index contributed by atoms with van der Waals surface area (Å²) in [4.78, 5) is 50.9. The van der Waals surface area contributed by atoms with Gasteiger partial charge in [0.25, 0.3) is 0 Å². The lowest BCUT2D eigenvalue weighted by molar-refractivity contribution is -0.301. The van der Waals surface area contributed by atoms with Crippen LogP contribution in [0.4, 0.5) is 0 Å². The zero-order valence-corrected chi connectivity index (χ0v) is 43.3. The number of carbonyl (C=O) groups excluding carboxylic acids is 3. The molecule has 69 heavy (non-hydrogen) atoms. The van der Waals surface area contributed by atoms with Crippen LogP contribution in [0.1, 0.15) is 226 Å². The molecule has 3 N–H and O–H groups in total. The Morgan fingerprint density at radius 3 is 1.46 bits per heavy atom. The Hall–Kier alpha value is -3.58. The zero-order chi connectivity index (χ0) is 50.4. The number of esters is 3. The van der Waals surface area contributed by atoms with Gasteiger partial charge >= 0.3 is 23.9 Å². The van der Waals surface area contributed by atoms with Gasteiger partial charge in [-0.3, -0.25) is 14.4 Å². The first-order valence-corrected chi connectivity index (χ1v) is 27.3. The number of hydrogen-bond donors (Lipinski definition) is 3. The number of rotatable bonds is 45. The fourth-order valence-corrected chi connectivity index (χ4v) is 7.83. The highest BCUT2D eigenvalue weighted by Gasteiger charge is 2.50. The molecule has 1 fully saturated rings. The summed E-state index contributed by atoms with van der Waals surface area (Å²) in [6.07, 6.45) is 42.1. The van der Waals surface area contributed by atoms with E-state index in [1.807, 2.05) is 0 Å². The third-order valence-corrected chi connectivity index (χ3v) is 12.0. The Balaban J connectivity index is 2.74. The molecule has 6 atom stereocenters. The second-order valence-corrected chi connectivity index (χ2v) is 18.5. The maximum absolute atomic E-state index is 13.1. The van der Waals surface area contributed by atoms with Crippen LogP contribution in [0, 0.1) is 0 Å². The monoisotopic (exact) mass is 973 g/mol. The van der Waals surface area contributed by atoms with Gasteiger partial charge in [-0.15, -0.1) is 0 Å². The van der Waals surface area contributed by atoms with E-state index in [1.54, 1.807) is 0 Å². The molecule has 6 unspecified atom stereocenters. The van der Waals surface area contributed by atoms with Gasteiger partial charge in [-0.1, -0.05) is 171 Å². The summed E-state index contributed by atoms with van der Waals surface area (Å²) < 4.78 is 28.3. The standard InChI is InChI=1S/C57H96O12/c1-4-7-10-13-16-19-22-24-25-27-29-31-34-37-40-43-49(58)65-46-48(67-50(59)44-41-38-35-32-28-21-18-15-12-9-6-3)47-66-57-55(53(62)52(61)54(69-57)56(63)64)68-51(60)45-42-39-36-33-30-26-23-20-17-14-11-8-5-2/h8,11,15,17-18,20,24-26,30,48,52-55,57,61-62H,4-7,9-10,12-14,16,19,21-23,27-29,31-47H2,1-3H3,(H,63,64)/b11-8-,18-15-,20-17-,25-24-,30-26-. The van der Waals surface area contributed by atoms with Gasteiger partial charge in [-0.25, -0.2) is 4.79 Å². The number of carboxylic acids is 1. The average Bonchev–Trinajstić information content (AvgIpc) is 3.33. The van der Waals surface area contributed by atoms with Crippen LogP contribution in [-0.2, 0) is 42.9 Å². The molecule has 1 aliphatic heterocycles. The summed E-state index contributed by atoms with van der Waals surface area (Å²) in [5.74, 6) is -3.18. The topological polar surface area (TPSA) is 175 Å². The van der Waals surface area contributed by atoms with Crippen molar-refractivity contribution in [1.82, 2.24) is 0 Å². The summed E-state index contributed by atoms with van der Waals surface area (Å²) in [5, 5.41) is 31.3. The van der Waals surface area contributed by atoms with E-state index in [1.165, 1.54) is 51.4 Å². The van der Waals surface area contributed by atoms with Crippen molar-refractivity contribution in [2.45, 2.75) is 263 Å². The van der Waals surface area contributed by atoms with E-state index in [-0.39, 0.29) is 25.9 Å². The number of aliphatic hydroxyl groups excluding tert-OH is 2. The third kappa shape index (κ3) is 36.1. The van der Waals surface area contributed by atoms with E-state index < -0.39 is 67.3 Å². The van der Waals surface area contributed by atoms with Crippen LogP contribution in [0.5, 0.6) is 0 Å². The van der Waals surface area contributed by atoms with E-state index in [2.05, 4.69) is 81.5 Å². The van der Waals surface area contributed by atoms with Gasteiger partial charge in [0.2, 0.25) is 0 Å². The maximum Gasteiger partial charge on any atom is 0.335 e. The largest absolute Gasteiger partial charge is 0.479 e. The number of aliphatic carboxylic acids is 1. The summed E-state index contributed by atoms with van der Waals surface area (Å²) in [7, 11) is 0. The molecule has 0 saturated carbocycles. The second-order valence-electron chi connectivity index (χ2n) is 18.5. The van der Waals surface area contributed by atoms with Crippen LogP contribution in [0.2, 0.25) is 0 Å². The smallest absolute Gasteiger partial charge is 0.335 e. The van der Waals surface area contributed by atoms with Crippen molar-refractivity contribution in [3.63, 3.8) is 0 Å². The first-order valence-electron chi connectivity index (χ1n) is 27.3. The number of allylic oxidation sites excluding steroid dienone is 10. The molecule has 0 aromatic carbocycles. The van der Waals surface area contributed by atoms with Gasteiger partial charge < -0.3 is 39.0 Å². The molecular weight excluding hydrogens is 877 g/mol. The molecule has 1 heterocycles. The SMILES string of the molecule is CC/C=C\C/C=C\C/C=C\CCCCCC(=O)OC1C(OCC(COC(=O)CCCCCCC/C=C\CCCCCCCC)OC(=O)CCCCCCC/C=C\CCCC)OC(C(=O)O)C(O)C1O. The molecule has 0 spiro atoms. The van der Waals surface area contributed by atoms with Crippen molar-refractivity contribution in [1.29, 1.82) is 0 Å². The molecule has 0 radical (unpaired) electrons. The van der Waals surface area contributed by atoms with E-state index in [0.717, 1.165) is 116 Å². The third-order valence-electron chi connectivity index (χ3n) is 12.0. The Morgan fingerprint density at radius 1 is 0.493 bits per heavy atom. The second kappa shape index (κ2) is 45.6. The minimum atomic E-state index is -1.91. The van der Waals surface area contributed by atoms with Crippen LogP contribution in [-0.4, -0.2) is 89.2 Å². The lowest BCUT2D eigenvalue weighted by Gasteiger charge is -2.40. The summed E-state index contributed by atoms with van der Waals surface area (Å²) >= 11 is 0. The predicted molar refractivity (Wildman–Crippen MR) is 275 cm³/mol. The maximum atomic E-state index is 13.1. The molecule has 0 aromatic heterocycles. The number of aliphatic hydroxyl groups is 2. The highest BCUT2D eigenvalue weighted by molar-refractivity contribution is 5.74. The minimum Gasteiger partial charge on any atom is -0.479 e. The van der Waals surface area contributed by atoms with Gasteiger partial charge in [0.15, 0.2) is 24.6 Å². The highest BCUT2D eigenvalue weighted by Crippen LogP contribution is 2.26. The fraction of sp³-hybridized carbons (Fsp3) is 0.754. The lowest BCUT2D eigenvalue weighted by Crippen LogP contribution is -2.61. The van der Waals surface area contributed by atoms with Crippen molar-refractivity contribution < 1.29 is 58.2 Å². The average molecular weight is 973 g/mol. The molecule has 0 aliphatic carbocycles. The van der Waals surface area contributed by atoms with Gasteiger partial charge in [0, 0.05) is 19.3 Å². The van der Waals surface area contributed by atoms with Gasteiger partial charge in [-0.2, -0.15) is 0 Å². The molecule has 0 amide bonds. The fourth-order valence-electron chi connectivity index (χ4n) is 7.83. The Kier molecular flexibility index (Phi) is 41.9. The van der Waals surface area contributed by atoms with Crippen LogP contribution in [0.3, 0.4) is 0 Å². The number of ether oxygens (including phenoxy) is 5. The Labute approximate surface area is 417 Å². The molecule has 0 bridgehead atoms. The quantitative estimate of drug-likeness (QED) is 0.0228. The van der Waals surface area contributed by atoms with Crippen LogP contribution < -0.4 is 0 Å². The first kappa shape index (κ1) is 63.4. The van der Waals surface area contributed by atoms with Gasteiger partial charge in [-0.05, 0) is 96.3 Å². The number of hydrogen-bond acceptors (Lipinski definition) is 11. The summed E-state index contributed by atoms with van der Waals surface area (Å²) in [5.41, 5.74) is 0. The first-order chi connectivity index (χ1) is 33.6. The van der Waals surface area contributed by atoms with Crippen molar-refractivity contribution >= 4 is 23.9 Å². The lowest BCUT2D eigenvalue weighted by atomic mass is 9.98. The predicted octanol–water partition coefficient (Wildman–Crippen LogP) is 13.2. The number of carbonyl (C=O) groups is 4. The van der Waals surface area contributed by atoms with Gasteiger partial charge in [0.1, 0.15) is 18.8 Å². The Morgan fingerprint density at radius 2 is 0.928 bits per heavy atom. The van der Waals surface area contributed by atoms with Crippen molar-refractivity contribution in [2.75, 3.05) is 13.2 Å². The van der Waals surface area contributed by atoms with Crippen LogP contribution in [0.25, 0.3) is 0 Å². The minimum absolute atomic E-state index is 0.0229. The summed E-state index contributed by atoms with van der Waals surface area (Å²) in [6.45, 7) is 5.78. The van der Waals surface area contributed by atoms with Crippen molar-refractivity contribution in [3.8, 4) is 0 Å². The Bertz CT molecular complexity index is 1440.